The Bertz CT molecular complexity index is 804. The normalized spacial score (nSPS) is 10.7. The molecule has 0 unspecified atom stereocenters. The minimum atomic E-state index is 0.612. The van der Waals surface area contributed by atoms with Crippen molar-refractivity contribution in [3.8, 4) is 6.07 Å². The molecular formula is C13H11N5S. The molecule has 0 saturated carbocycles. The first kappa shape index (κ1) is 11.7. The monoisotopic (exact) mass is 269 g/mol. The average molecular weight is 269 g/mol. The minimum absolute atomic E-state index is 0.612. The number of nitrogens with zero attached hydrogens (tertiary/aromatic N) is 4. The highest BCUT2D eigenvalue weighted by molar-refractivity contribution is 7.71. The number of H-pyrrole nitrogens is 1. The summed E-state index contributed by atoms with van der Waals surface area (Å²) in [6, 6.07) is 9.68. The van der Waals surface area contributed by atoms with Crippen molar-refractivity contribution in [3.05, 3.63) is 47.0 Å². The molecule has 0 aliphatic rings. The van der Waals surface area contributed by atoms with Gasteiger partial charge in [0.15, 0.2) is 4.77 Å². The average Bonchev–Trinajstić information content (AvgIpc) is 3.03. The number of nitriles is 1. The number of aromatic nitrogens is 4. The highest BCUT2D eigenvalue weighted by Crippen LogP contribution is 2.18. The highest BCUT2D eigenvalue weighted by atomic mass is 32.1. The highest BCUT2D eigenvalue weighted by Gasteiger charge is 2.07. The molecule has 3 rings (SSSR count). The smallest absolute Gasteiger partial charge is 0.178 e. The standard InChI is InChI=1S/C13H11N5S/c14-9-10-3-1-4-11-12(10)16-13(19)18(11)8-7-17-6-2-5-15-17/h1-6H,7-8H2,(H,16,19). The molecule has 0 aliphatic carbocycles. The molecule has 0 fully saturated rings. The molecule has 0 bridgehead atoms. The summed E-state index contributed by atoms with van der Waals surface area (Å²) in [5, 5.41) is 13.3. The number of para-hydroxylation sites is 1. The van der Waals surface area contributed by atoms with Crippen LogP contribution in [-0.2, 0) is 13.1 Å². The fourth-order valence-corrected chi connectivity index (χ4v) is 2.42. The lowest BCUT2D eigenvalue weighted by molar-refractivity contribution is 0.538. The molecule has 0 saturated heterocycles. The second-order valence-electron chi connectivity index (χ2n) is 4.16. The fourth-order valence-electron chi connectivity index (χ4n) is 2.13. The zero-order chi connectivity index (χ0) is 13.2. The van der Waals surface area contributed by atoms with Crippen molar-refractivity contribution in [2.45, 2.75) is 13.1 Å². The predicted molar refractivity (Wildman–Crippen MR) is 74.1 cm³/mol. The van der Waals surface area contributed by atoms with E-state index < -0.39 is 0 Å². The van der Waals surface area contributed by atoms with Gasteiger partial charge in [0.05, 0.1) is 23.1 Å². The zero-order valence-corrected chi connectivity index (χ0v) is 10.9. The van der Waals surface area contributed by atoms with Gasteiger partial charge in [0.1, 0.15) is 6.07 Å². The van der Waals surface area contributed by atoms with E-state index in [4.69, 9.17) is 17.5 Å². The zero-order valence-electron chi connectivity index (χ0n) is 10.1. The van der Waals surface area contributed by atoms with Gasteiger partial charge in [0.25, 0.3) is 0 Å². The quantitative estimate of drug-likeness (QED) is 0.743. The van der Waals surface area contributed by atoms with Gasteiger partial charge < -0.3 is 9.55 Å². The van der Waals surface area contributed by atoms with Gasteiger partial charge in [-0.25, -0.2) is 0 Å². The molecule has 0 amide bonds. The Morgan fingerprint density at radius 2 is 2.21 bits per heavy atom. The number of benzene rings is 1. The SMILES string of the molecule is N#Cc1cccc2c1[nH]c(=S)n2CCn1cccn1. The van der Waals surface area contributed by atoms with Crippen LogP contribution >= 0.6 is 12.2 Å². The topological polar surface area (TPSA) is 62.3 Å². The van der Waals surface area contributed by atoms with Crippen LogP contribution in [0.2, 0.25) is 0 Å². The van der Waals surface area contributed by atoms with E-state index >= 15 is 0 Å². The van der Waals surface area contributed by atoms with Crippen molar-refractivity contribution in [1.29, 1.82) is 5.26 Å². The third kappa shape index (κ3) is 2.04. The van der Waals surface area contributed by atoms with Gasteiger partial charge >= 0.3 is 0 Å². The Morgan fingerprint density at radius 1 is 1.32 bits per heavy atom. The lowest BCUT2D eigenvalue weighted by atomic mass is 10.2. The molecule has 1 aromatic carbocycles. The maximum Gasteiger partial charge on any atom is 0.178 e. The Morgan fingerprint density at radius 3 is 2.95 bits per heavy atom. The second kappa shape index (κ2) is 4.71. The van der Waals surface area contributed by atoms with E-state index in [0.29, 0.717) is 10.3 Å². The molecule has 6 heteroatoms. The van der Waals surface area contributed by atoms with E-state index in [1.807, 2.05) is 33.6 Å². The van der Waals surface area contributed by atoms with Crippen LogP contribution in [0.4, 0.5) is 0 Å². The molecule has 0 spiro atoms. The number of aryl methyl sites for hydroxylation is 2. The summed E-state index contributed by atoms with van der Waals surface area (Å²) in [7, 11) is 0. The Kier molecular flexibility index (Phi) is 2.89. The summed E-state index contributed by atoms with van der Waals surface area (Å²) in [5.41, 5.74) is 2.37. The lowest BCUT2D eigenvalue weighted by Gasteiger charge is -2.04. The molecule has 0 aliphatic heterocycles. The predicted octanol–water partition coefficient (Wildman–Crippen LogP) is 2.47. The van der Waals surface area contributed by atoms with Crippen molar-refractivity contribution >= 4 is 23.3 Å². The first-order valence-electron chi connectivity index (χ1n) is 5.88. The Labute approximate surface area is 114 Å². The van der Waals surface area contributed by atoms with Crippen LogP contribution < -0.4 is 0 Å². The maximum absolute atomic E-state index is 9.09. The number of fused-ring (bicyclic) bond motifs is 1. The van der Waals surface area contributed by atoms with Crippen LogP contribution in [0.5, 0.6) is 0 Å². The first-order chi connectivity index (χ1) is 9.29. The molecule has 0 radical (unpaired) electrons. The Balaban J connectivity index is 2.02. The van der Waals surface area contributed by atoms with Gasteiger partial charge in [0, 0.05) is 18.9 Å². The van der Waals surface area contributed by atoms with Crippen LogP contribution in [0.1, 0.15) is 5.56 Å². The summed E-state index contributed by atoms with van der Waals surface area (Å²) in [4.78, 5) is 3.10. The van der Waals surface area contributed by atoms with E-state index in [1.54, 1.807) is 12.3 Å². The van der Waals surface area contributed by atoms with E-state index in [0.717, 1.165) is 24.1 Å². The van der Waals surface area contributed by atoms with Gasteiger partial charge in [0.2, 0.25) is 0 Å². The summed E-state index contributed by atoms with van der Waals surface area (Å²) >= 11 is 5.32. The van der Waals surface area contributed by atoms with Crippen LogP contribution in [0, 0.1) is 16.1 Å². The summed E-state index contributed by atoms with van der Waals surface area (Å²) in [6.45, 7) is 1.46. The summed E-state index contributed by atoms with van der Waals surface area (Å²) in [5.74, 6) is 0. The van der Waals surface area contributed by atoms with Crippen LogP contribution in [-0.4, -0.2) is 19.3 Å². The first-order valence-corrected chi connectivity index (χ1v) is 6.29. The van der Waals surface area contributed by atoms with E-state index in [1.165, 1.54) is 0 Å². The van der Waals surface area contributed by atoms with Gasteiger partial charge in [-0.3, -0.25) is 4.68 Å². The number of aromatic amines is 1. The van der Waals surface area contributed by atoms with Crippen LogP contribution in [0.25, 0.3) is 11.0 Å². The van der Waals surface area contributed by atoms with E-state index in [-0.39, 0.29) is 0 Å². The number of rotatable bonds is 3. The number of hydrogen-bond donors (Lipinski definition) is 1. The third-order valence-corrected chi connectivity index (χ3v) is 3.37. The number of imidazole rings is 1. The number of hydrogen-bond acceptors (Lipinski definition) is 3. The molecule has 19 heavy (non-hydrogen) atoms. The molecule has 3 aromatic rings. The molecule has 1 N–H and O–H groups in total. The van der Waals surface area contributed by atoms with Crippen molar-refractivity contribution in [2.24, 2.45) is 0 Å². The van der Waals surface area contributed by atoms with E-state index in [9.17, 15) is 0 Å². The molecule has 94 valence electrons. The van der Waals surface area contributed by atoms with Crippen molar-refractivity contribution < 1.29 is 0 Å². The van der Waals surface area contributed by atoms with Gasteiger partial charge in [-0.15, -0.1) is 0 Å². The maximum atomic E-state index is 9.09. The lowest BCUT2D eigenvalue weighted by Crippen LogP contribution is -2.07. The van der Waals surface area contributed by atoms with Crippen molar-refractivity contribution in [3.63, 3.8) is 0 Å². The largest absolute Gasteiger partial charge is 0.329 e. The van der Waals surface area contributed by atoms with Crippen molar-refractivity contribution in [2.75, 3.05) is 0 Å². The Hall–Kier alpha value is -2.39. The third-order valence-electron chi connectivity index (χ3n) is 3.04. The van der Waals surface area contributed by atoms with Crippen LogP contribution in [0.15, 0.2) is 36.7 Å². The fraction of sp³-hybridized carbons (Fsp3) is 0.154. The molecule has 2 heterocycles. The summed E-state index contributed by atoms with van der Waals surface area (Å²) < 4.78 is 4.48. The molecular weight excluding hydrogens is 258 g/mol. The number of nitrogens with one attached hydrogen (secondary N) is 1. The molecule has 5 nitrogen and oxygen atoms in total. The van der Waals surface area contributed by atoms with Gasteiger partial charge in [-0.05, 0) is 30.4 Å². The minimum Gasteiger partial charge on any atom is -0.329 e. The van der Waals surface area contributed by atoms with Crippen LogP contribution in [0.3, 0.4) is 0 Å². The molecule has 2 aromatic heterocycles. The van der Waals surface area contributed by atoms with Gasteiger partial charge in [-0.1, -0.05) is 6.07 Å². The summed E-state index contributed by atoms with van der Waals surface area (Å²) in [6.07, 6.45) is 3.67. The second-order valence-corrected chi connectivity index (χ2v) is 4.55. The van der Waals surface area contributed by atoms with Gasteiger partial charge in [-0.2, -0.15) is 10.4 Å². The van der Waals surface area contributed by atoms with Crippen molar-refractivity contribution in [1.82, 2.24) is 19.3 Å². The van der Waals surface area contributed by atoms with E-state index in [2.05, 4.69) is 16.2 Å². The molecule has 0 atom stereocenters.